The standard InChI is InChI=1S/C85H140O17P2/c1-5-9-13-17-21-25-29-32-35-37-39-41-44-46-50-53-57-61-65-69-82(87)95-75-80(101-84(89)71-67-63-59-55-49-28-24-20-16-12-8-4)77-99-103(91,92)97-73-79(86)74-98-104(93,94)100-78-81(102-85(90)72-68-64-60-56-52-48-43-34-31-27-23-19-15-11-7-3)76-96-83(88)70-66-62-58-54-51-47-45-42-40-38-36-33-30-26-22-18-14-10-6-2/h9-10,13-14,20-22,24-26,32-36,39-43,46-47,50-51,58,62,79-81,86H,5-8,11-12,15-19,23,27-31,37-38,44-45,48-49,52-57,59-61,63-78H2,1-4H3,(H,91,92)(H,93,94)/b13-9-,14-10-,24-20-,25-21-,26-22-,35-32-,36-33-,41-39-,42-40-,43-34-,50-46-,51-47-,62-58-. The lowest BCUT2D eigenvalue weighted by molar-refractivity contribution is -0.161. The number of unbranched alkanes of at least 4 members (excludes halogenated alkanes) is 21. The van der Waals surface area contributed by atoms with Gasteiger partial charge in [-0.1, -0.05) is 276 Å². The number of aliphatic hydroxyl groups is 1. The van der Waals surface area contributed by atoms with Crippen LogP contribution >= 0.6 is 15.6 Å². The van der Waals surface area contributed by atoms with Gasteiger partial charge in [0.25, 0.3) is 0 Å². The molecule has 5 atom stereocenters. The molecule has 0 aliphatic heterocycles. The van der Waals surface area contributed by atoms with Gasteiger partial charge in [0.2, 0.25) is 0 Å². The molecule has 0 aromatic rings. The zero-order valence-electron chi connectivity index (χ0n) is 64.6. The first-order valence-electron chi connectivity index (χ1n) is 39.7. The van der Waals surface area contributed by atoms with E-state index in [0.717, 1.165) is 161 Å². The third-order valence-corrected chi connectivity index (χ3v) is 17.9. The van der Waals surface area contributed by atoms with Gasteiger partial charge < -0.3 is 33.8 Å². The van der Waals surface area contributed by atoms with Gasteiger partial charge in [0.1, 0.15) is 19.3 Å². The maximum absolute atomic E-state index is 13.1. The van der Waals surface area contributed by atoms with E-state index in [0.29, 0.717) is 32.1 Å². The molecule has 17 nitrogen and oxygen atoms in total. The summed E-state index contributed by atoms with van der Waals surface area (Å²) < 4.78 is 68.4. The fourth-order valence-electron chi connectivity index (χ4n) is 9.95. The lowest BCUT2D eigenvalue weighted by atomic mass is 10.1. The lowest BCUT2D eigenvalue weighted by Gasteiger charge is -2.21. The van der Waals surface area contributed by atoms with Gasteiger partial charge in [-0.15, -0.1) is 0 Å². The quantitative estimate of drug-likeness (QED) is 0.0169. The van der Waals surface area contributed by atoms with Crippen LogP contribution < -0.4 is 0 Å². The van der Waals surface area contributed by atoms with Crippen molar-refractivity contribution in [2.75, 3.05) is 39.6 Å². The van der Waals surface area contributed by atoms with Gasteiger partial charge >= 0.3 is 39.5 Å². The Labute approximate surface area is 629 Å². The highest BCUT2D eigenvalue weighted by Crippen LogP contribution is 2.45. The van der Waals surface area contributed by atoms with Crippen LogP contribution in [-0.4, -0.2) is 96.7 Å². The average Bonchev–Trinajstić information content (AvgIpc) is 0.929. The Balaban J connectivity index is 5.43. The van der Waals surface area contributed by atoms with Crippen molar-refractivity contribution in [1.29, 1.82) is 0 Å². The molecule has 0 amide bonds. The summed E-state index contributed by atoms with van der Waals surface area (Å²) >= 11 is 0. The summed E-state index contributed by atoms with van der Waals surface area (Å²) in [6.07, 6.45) is 88.2. The second-order valence-electron chi connectivity index (χ2n) is 25.9. The fraction of sp³-hybridized carbons (Fsp3) is 0.647. The molecule has 0 spiro atoms. The summed E-state index contributed by atoms with van der Waals surface area (Å²) in [6, 6.07) is 0. The van der Waals surface area contributed by atoms with Crippen molar-refractivity contribution in [3.63, 3.8) is 0 Å². The molecule has 0 saturated carbocycles. The van der Waals surface area contributed by atoms with E-state index in [1.54, 1.807) is 0 Å². The molecule has 0 aliphatic rings. The Morgan fingerprint density at radius 2 is 0.529 bits per heavy atom. The largest absolute Gasteiger partial charge is 0.472 e. The molecule has 104 heavy (non-hydrogen) atoms. The third-order valence-electron chi connectivity index (χ3n) is 16.0. The van der Waals surface area contributed by atoms with Crippen LogP contribution in [0, 0.1) is 0 Å². The van der Waals surface area contributed by atoms with Crippen molar-refractivity contribution in [1.82, 2.24) is 0 Å². The summed E-state index contributed by atoms with van der Waals surface area (Å²) in [5, 5.41) is 10.6. The number of phosphoric ester groups is 2. The van der Waals surface area contributed by atoms with Crippen molar-refractivity contribution in [3.05, 3.63) is 158 Å². The summed E-state index contributed by atoms with van der Waals surface area (Å²) in [4.78, 5) is 72.9. The summed E-state index contributed by atoms with van der Waals surface area (Å²) in [5.74, 6) is -2.34. The molecule has 3 N–H and O–H groups in total. The van der Waals surface area contributed by atoms with Gasteiger partial charge in [-0.2, -0.15) is 0 Å². The van der Waals surface area contributed by atoms with Crippen LogP contribution in [0.2, 0.25) is 0 Å². The van der Waals surface area contributed by atoms with E-state index in [-0.39, 0.29) is 25.7 Å². The van der Waals surface area contributed by atoms with Crippen LogP contribution in [-0.2, 0) is 65.4 Å². The Kier molecular flexibility index (Phi) is 72.0. The molecule has 0 rings (SSSR count). The lowest BCUT2D eigenvalue weighted by Crippen LogP contribution is -2.30. The molecule has 0 aliphatic carbocycles. The SMILES string of the molecule is CC/C=C\C/C=C\C/C=C\C/C=C\C/C=C\C/C=C\CCC(=O)OCC(COP(=O)(O)OCC(O)COP(=O)(O)OCC(COC(=O)CCCCC/C=C\C/C=C\C/C=C\C/C=C\C/C=C\CC)OC(=O)CCCCCCC/C=C\CCCC)OC(=O)CCCCCCC/C=C\CCCCCCCC. The normalized spacial score (nSPS) is 14.7. The molecule has 5 unspecified atom stereocenters. The van der Waals surface area contributed by atoms with Crippen LogP contribution in [0.3, 0.4) is 0 Å². The summed E-state index contributed by atoms with van der Waals surface area (Å²) in [6.45, 7) is 4.45. The van der Waals surface area contributed by atoms with Gasteiger partial charge in [-0.25, -0.2) is 9.13 Å². The molecule has 0 aromatic carbocycles. The fourth-order valence-corrected chi connectivity index (χ4v) is 11.5. The van der Waals surface area contributed by atoms with Crippen LogP contribution in [0.25, 0.3) is 0 Å². The number of hydrogen-bond acceptors (Lipinski definition) is 15. The second kappa shape index (κ2) is 75.9. The Bertz CT molecular complexity index is 2590. The Hall–Kier alpha value is -5.32. The van der Waals surface area contributed by atoms with Gasteiger partial charge in [-0.05, 0) is 154 Å². The van der Waals surface area contributed by atoms with Crippen LogP contribution in [0.4, 0.5) is 0 Å². The number of phosphoric acid groups is 2. The first-order chi connectivity index (χ1) is 50.7. The highest BCUT2D eigenvalue weighted by molar-refractivity contribution is 7.47. The van der Waals surface area contributed by atoms with Crippen molar-refractivity contribution < 1.29 is 80.2 Å². The monoisotopic (exact) mass is 1490 g/mol. The third kappa shape index (κ3) is 74.9. The van der Waals surface area contributed by atoms with Gasteiger partial charge in [0.15, 0.2) is 12.2 Å². The maximum Gasteiger partial charge on any atom is 0.472 e. The first kappa shape index (κ1) is 98.7. The van der Waals surface area contributed by atoms with E-state index < -0.39 is 97.5 Å². The Morgan fingerprint density at radius 3 is 0.875 bits per heavy atom. The van der Waals surface area contributed by atoms with Crippen LogP contribution in [0.15, 0.2) is 158 Å². The summed E-state index contributed by atoms with van der Waals surface area (Å²) in [5.41, 5.74) is 0. The number of aliphatic hydroxyl groups excluding tert-OH is 1. The predicted molar refractivity (Wildman–Crippen MR) is 427 cm³/mol. The minimum Gasteiger partial charge on any atom is -0.462 e. The van der Waals surface area contributed by atoms with Crippen molar-refractivity contribution >= 4 is 39.5 Å². The van der Waals surface area contributed by atoms with E-state index in [1.165, 1.54) is 51.4 Å². The molecular weight excluding hydrogens is 1350 g/mol. The molecule has 592 valence electrons. The van der Waals surface area contributed by atoms with Gasteiger partial charge in [0.05, 0.1) is 26.4 Å². The van der Waals surface area contributed by atoms with Crippen molar-refractivity contribution in [2.45, 2.75) is 316 Å². The second-order valence-corrected chi connectivity index (χ2v) is 28.8. The molecule has 0 aromatic heterocycles. The summed E-state index contributed by atoms with van der Waals surface area (Å²) in [7, 11) is -10.00. The highest BCUT2D eigenvalue weighted by Gasteiger charge is 2.30. The van der Waals surface area contributed by atoms with E-state index >= 15 is 0 Å². The zero-order valence-corrected chi connectivity index (χ0v) is 66.4. The first-order valence-corrected chi connectivity index (χ1v) is 42.7. The minimum atomic E-state index is -5.00. The van der Waals surface area contributed by atoms with Crippen LogP contribution in [0.1, 0.15) is 297 Å². The molecule has 0 radical (unpaired) electrons. The number of carbonyl (C=O) groups is 4. The molecule has 19 heteroatoms. The molecular formula is C85H140O17P2. The number of hydrogen-bond donors (Lipinski definition) is 3. The van der Waals surface area contributed by atoms with Gasteiger partial charge in [0, 0.05) is 25.7 Å². The highest BCUT2D eigenvalue weighted by atomic mass is 31.2. The molecule has 0 saturated heterocycles. The van der Waals surface area contributed by atoms with Crippen LogP contribution in [0.5, 0.6) is 0 Å². The number of rotatable bonds is 73. The number of allylic oxidation sites excluding steroid dienone is 26. The van der Waals surface area contributed by atoms with Gasteiger partial charge in [-0.3, -0.25) is 37.3 Å². The maximum atomic E-state index is 13.1. The Morgan fingerprint density at radius 1 is 0.279 bits per heavy atom. The van der Waals surface area contributed by atoms with E-state index in [1.807, 2.05) is 18.2 Å². The van der Waals surface area contributed by atoms with Crippen molar-refractivity contribution in [2.24, 2.45) is 0 Å². The topological polar surface area (TPSA) is 237 Å². The molecule has 0 heterocycles. The molecule has 0 fully saturated rings. The van der Waals surface area contributed by atoms with Crippen molar-refractivity contribution in [3.8, 4) is 0 Å². The average molecular weight is 1500 g/mol. The van der Waals surface area contributed by atoms with E-state index in [9.17, 15) is 43.2 Å². The van der Waals surface area contributed by atoms with E-state index in [4.69, 9.17) is 37.0 Å². The minimum absolute atomic E-state index is 0.0300. The number of esters is 4. The number of ether oxygens (including phenoxy) is 4. The zero-order chi connectivity index (χ0) is 76.0. The van der Waals surface area contributed by atoms with E-state index in [2.05, 4.69) is 167 Å². The smallest absolute Gasteiger partial charge is 0.462 e. The molecule has 0 bridgehead atoms. The number of carbonyl (C=O) groups excluding carboxylic acids is 4. The predicted octanol–water partition coefficient (Wildman–Crippen LogP) is 23.2.